The number of carbonyl (C=O) groups is 1. The van der Waals surface area contributed by atoms with Gasteiger partial charge in [0.2, 0.25) is 5.91 Å². The van der Waals surface area contributed by atoms with Gasteiger partial charge in [0, 0.05) is 35.2 Å². The van der Waals surface area contributed by atoms with Crippen LogP contribution < -0.4 is 0 Å². The molecule has 0 aliphatic heterocycles. The van der Waals surface area contributed by atoms with Gasteiger partial charge >= 0.3 is 0 Å². The quantitative estimate of drug-likeness (QED) is 0.400. The molecule has 1 N–H and O–H groups in total. The summed E-state index contributed by atoms with van der Waals surface area (Å²) in [4.78, 5) is 22.4. The minimum Gasteiger partial charge on any atom is -0.392 e. The zero-order chi connectivity index (χ0) is 23.8. The lowest BCUT2D eigenvalue weighted by Crippen LogP contribution is -2.53. The van der Waals surface area contributed by atoms with E-state index in [1.54, 1.807) is 11.0 Å². The maximum absolute atomic E-state index is 12.9. The van der Waals surface area contributed by atoms with Gasteiger partial charge in [-0.2, -0.15) is 0 Å². The van der Waals surface area contributed by atoms with Gasteiger partial charge in [0.25, 0.3) is 0 Å². The number of aliphatic hydroxyl groups is 1. The summed E-state index contributed by atoms with van der Waals surface area (Å²) < 4.78 is 0. The predicted octanol–water partition coefficient (Wildman–Crippen LogP) is 5.77. The summed E-state index contributed by atoms with van der Waals surface area (Å²) in [5.74, 6) is 1.08. The molecule has 6 atom stereocenters. The molecular formula is C27H36N2O2S2. The monoisotopic (exact) mass is 484 g/mol. The second-order valence-corrected chi connectivity index (χ2v) is 12.4. The van der Waals surface area contributed by atoms with E-state index in [4.69, 9.17) is 4.98 Å². The van der Waals surface area contributed by atoms with Gasteiger partial charge in [-0.3, -0.25) is 4.79 Å². The van der Waals surface area contributed by atoms with E-state index in [2.05, 4.69) is 44.7 Å². The molecule has 4 rings (SSSR count). The molecule has 33 heavy (non-hydrogen) atoms. The minimum absolute atomic E-state index is 0.0152. The molecule has 2 aliphatic rings. The van der Waals surface area contributed by atoms with Crippen molar-refractivity contribution in [2.75, 3.05) is 13.6 Å². The number of fused-ring (bicyclic) bond motifs is 2. The molecular weight excluding hydrogens is 448 g/mol. The van der Waals surface area contributed by atoms with Crippen molar-refractivity contribution in [1.82, 2.24) is 9.88 Å². The summed E-state index contributed by atoms with van der Waals surface area (Å²) in [6, 6.07) is 10.5. The van der Waals surface area contributed by atoms with Gasteiger partial charge in [-0.05, 0) is 48.6 Å². The van der Waals surface area contributed by atoms with Gasteiger partial charge in [0.05, 0.1) is 17.6 Å². The van der Waals surface area contributed by atoms with Crippen LogP contribution >= 0.6 is 23.1 Å². The number of aliphatic hydroxyl groups excluding tert-OH is 1. The molecule has 2 aromatic rings. The Kier molecular flexibility index (Phi) is 7.37. The first-order chi connectivity index (χ1) is 15.7. The Hall–Kier alpha value is -1.63. The van der Waals surface area contributed by atoms with E-state index in [0.717, 1.165) is 25.0 Å². The Morgan fingerprint density at radius 2 is 2.15 bits per heavy atom. The van der Waals surface area contributed by atoms with E-state index >= 15 is 0 Å². The topological polar surface area (TPSA) is 53.4 Å². The highest BCUT2D eigenvalue weighted by molar-refractivity contribution is 7.98. The molecule has 1 aromatic heterocycles. The smallest absolute Gasteiger partial charge is 0.225 e. The Morgan fingerprint density at radius 1 is 1.42 bits per heavy atom. The second-order valence-electron chi connectivity index (χ2n) is 10.2. The average molecular weight is 485 g/mol. The lowest BCUT2D eigenvalue weighted by Gasteiger charge is -2.53. The zero-order valence-corrected chi connectivity index (χ0v) is 21.8. The highest BCUT2D eigenvalue weighted by atomic mass is 32.2. The predicted molar refractivity (Wildman–Crippen MR) is 138 cm³/mol. The van der Waals surface area contributed by atoms with Gasteiger partial charge in [-0.15, -0.1) is 29.7 Å². The second kappa shape index (κ2) is 9.93. The Balaban J connectivity index is 1.52. The van der Waals surface area contributed by atoms with E-state index in [0.29, 0.717) is 6.54 Å². The summed E-state index contributed by atoms with van der Waals surface area (Å²) in [6.07, 6.45) is 4.16. The third kappa shape index (κ3) is 4.80. The fraction of sp³-hybridized carbons (Fsp3) is 0.556. The van der Waals surface area contributed by atoms with Gasteiger partial charge in [-0.1, -0.05) is 45.0 Å². The van der Waals surface area contributed by atoms with Crippen molar-refractivity contribution >= 4 is 29.0 Å². The average Bonchev–Trinajstić information content (AvgIpc) is 3.20. The van der Waals surface area contributed by atoms with E-state index in [9.17, 15) is 9.90 Å². The molecule has 1 amide bonds. The first-order valence-corrected chi connectivity index (χ1v) is 13.8. The summed E-state index contributed by atoms with van der Waals surface area (Å²) in [7, 11) is 1.82. The number of carbonyl (C=O) groups excluding carboxylic acids is 1. The molecule has 1 heterocycles. The van der Waals surface area contributed by atoms with Crippen LogP contribution in [0.3, 0.4) is 0 Å². The minimum atomic E-state index is -0.494. The highest BCUT2D eigenvalue weighted by Crippen LogP contribution is 2.57. The summed E-state index contributed by atoms with van der Waals surface area (Å²) in [5.41, 5.74) is 1.22. The van der Waals surface area contributed by atoms with Crippen LogP contribution in [-0.2, 0) is 17.0 Å². The molecule has 0 bridgehead atoms. The van der Waals surface area contributed by atoms with Crippen LogP contribution in [0.4, 0.5) is 0 Å². The number of nitrogens with zero attached hydrogens (tertiary/aromatic N) is 2. The molecule has 1 aromatic carbocycles. The van der Waals surface area contributed by atoms with Crippen molar-refractivity contribution < 1.29 is 9.90 Å². The van der Waals surface area contributed by atoms with Crippen LogP contribution in [0.1, 0.15) is 55.1 Å². The lowest BCUT2D eigenvalue weighted by molar-refractivity contribution is -0.143. The van der Waals surface area contributed by atoms with E-state index in [-0.39, 0.29) is 35.0 Å². The SMILES string of the molecule is C=CCN(C)C(=O)[C@@H](C)C1CC[C@@]2(C)Cc3sc(CSc4ccccc4)nc3[C@@H](C)[C@@H]2[C@H]1O. The van der Waals surface area contributed by atoms with Crippen molar-refractivity contribution in [3.63, 3.8) is 0 Å². The van der Waals surface area contributed by atoms with Crippen LogP contribution in [-0.4, -0.2) is 40.6 Å². The third-order valence-corrected chi connectivity index (χ3v) is 10.2. The standard InChI is InChI=1S/C27H36N2O2S2/c1-6-14-29(5)26(31)17(2)20-12-13-27(4)15-21-24(18(3)23(27)25(20)30)28-22(33-21)16-32-19-10-8-7-9-11-19/h6-11,17-18,20,23,25,30H,1,12-16H2,2-5H3/t17-,18-,20?,23+,25-,27-/m0/s1. The third-order valence-electron chi connectivity index (χ3n) is 7.88. The fourth-order valence-electron chi connectivity index (χ4n) is 6.13. The zero-order valence-electron chi connectivity index (χ0n) is 20.2. The fourth-order valence-corrected chi connectivity index (χ4v) is 8.42. The number of likely N-dealkylation sites (N-methyl/N-ethyl adjacent to an activating group) is 1. The van der Waals surface area contributed by atoms with Crippen LogP contribution in [0.25, 0.3) is 0 Å². The number of hydrogen-bond acceptors (Lipinski definition) is 5. The Bertz CT molecular complexity index is 991. The molecule has 0 saturated heterocycles. The Labute approximate surface area is 206 Å². The van der Waals surface area contributed by atoms with E-state index < -0.39 is 6.10 Å². The summed E-state index contributed by atoms with van der Waals surface area (Å²) >= 11 is 3.68. The summed E-state index contributed by atoms with van der Waals surface area (Å²) in [5, 5.41) is 12.8. The van der Waals surface area contributed by atoms with Crippen molar-refractivity contribution in [2.45, 2.75) is 62.7 Å². The van der Waals surface area contributed by atoms with Crippen molar-refractivity contribution in [3.05, 3.63) is 58.6 Å². The van der Waals surface area contributed by atoms with Crippen LogP contribution in [0.15, 0.2) is 47.9 Å². The number of amides is 1. The molecule has 178 valence electrons. The van der Waals surface area contributed by atoms with Gasteiger partial charge < -0.3 is 10.0 Å². The van der Waals surface area contributed by atoms with Gasteiger partial charge in [0.15, 0.2) is 0 Å². The van der Waals surface area contributed by atoms with E-state index in [1.807, 2.05) is 43.1 Å². The van der Waals surface area contributed by atoms with Crippen LogP contribution in [0.5, 0.6) is 0 Å². The first-order valence-electron chi connectivity index (χ1n) is 12.0. The van der Waals surface area contributed by atoms with Crippen LogP contribution in [0.2, 0.25) is 0 Å². The molecule has 1 unspecified atom stereocenters. The van der Waals surface area contributed by atoms with Crippen molar-refractivity contribution in [1.29, 1.82) is 0 Å². The molecule has 4 nitrogen and oxygen atoms in total. The van der Waals surface area contributed by atoms with Crippen LogP contribution in [0, 0.1) is 23.2 Å². The number of hydrogen-bond donors (Lipinski definition) is 1. The molecule has 0 radical (unpaired) electrons. The number of thiazole rings is 1. The molecule has 2 aliphatic carbocycles. The number of aromatic nitrogens is 1. The first kappa shape index (κ1) is 24.5. The van der Waals surface area contributed by atoms with E-state index in [1.165, 1.54) is 20.5 Å². The molecule has 6 heteroatoms. The number of rotatable bonds is 7. The number of thioether (sulfide) groups is 1. The van der Waals surface area contributed by atoms with Gasteiger partial charge in [0.1, 0.15) is 5.01 Å². The van der Waals surface area contributed by atoms with Crippen molar-refractivity contribution in [3.8, 4) is 0 Å². The largest absolute Gasteiger partial charge is 0.392 e. The molecule has 1 fully saturated rings. The van der Waals surface area contributed by atoms with Gasteiger partial charge in [-0.25, -0.2) is 4.98 Å². The maximum Gasteiger partial charge on any atom is 0.225 e. The highest BCUT2D eigenvalue weighted by Gasteiger charge is 2.54. The summed E-state index contributed by atoms with van der Waals surface area (Å²) in [6.45, 7) is 10.8. The molecule has 1 saturated carbocycles. The normalized spacial score (nSPS) is 29.6. The lowest BCUT2D eigenvalue weighted by atomic mass is 9.53. The number of benzene rings is 1. The Morgan fingerprint density at radius 3 is 2.85 bits per heavy atom. The van der Waals surface area contributed by atoms with Crippen molar-refractivity contribution in [2.24, 2.45) is 23.2 Å². The maximum atomic E-state index is 12.9. The molecule has 0 spiro atoms.